The fraction of sp³-hybridized carbons (Fsp3) is 0.226. The Morgan fingerprint density at radius 1 is 1.14 bits per heavy atom. The Kier molecular flexibility index (Phi) is 7.94. The predicted molar refractivity (Wildman–Crippen MR) is 164 cm³/mol. The van der Waals surface area contributed by atoms with Crippen LogP contribution in [0.25, 0.3) is 5.76 Å². The number of hydrogen-bond acceptors (Lipinski definition) is 9. The number of aliphatic hydroxyl groups is 1. The third-order valence-electron chi connectivity index (χ3n) is 6.98. The van der Waals surface area contributed by atoms with Gasteiger partial charge in [0.15, 0.2) is 4.34 Å². The molecule has 2 unspecified atom stereocenters. The van der Waals surface area contributed by atoms with Gasteiger partial charge < -0.3 is 14.6 Å². The molecular weight excluding hydrogens is 594 g/mol. The average Bonchev–Trinajstić information content (AvgIpc) is 3.67. The van der Waals surface area contributed by atoms with E-state index < -0.39 is 17.7 Å². The van der Waals surface area contributed by atoms with Gasteiger partial charge in [0.25, 0.3) is 5.78 Å². The highest BCUT2D eigenvalue weighted by Crippen LogP contribution is 2.45. The number of carbonyl (C=O) groups excluding carboxylic acids is 2. The van der Waals surface area contributed by atoms with Crippen molar-refractivity contribution in [1.82, 2.24) is 10.2 Å². The average molecular weight is 620 g/mol. The van der Waals surface area contributed by atoms with Gasteiger partial charge in [-0.15, -0.1) is 10.2 Å². The van der Waals surface area contributed by atoms with Gasteiger partial charge >= 0.3 is 5.91 Å². The molecule has 0 spiro atoms. The summed E-state index contributed by atoms with van der Waals surface area (Å²) in [6.07, 6.45) is 0.708. The van der Waals surface area contributed by atoms with Crippen LogP contribution in [0.2, 0.25) is 5.02 Å². The van der Waals surface area contributed by atoms with E-state index in [4.69, 9.17) is 21.1 Å². The summed E-state index contributed by atoms with van der Waals surface area (Å²) < 4.78 is 12.1. The zero-order valence-corrected chi connectivity index (χ0v) is 25.1. The van der Waals surface area contributed by atoms with E-state index in [1.54, 1.807) is 36.4 Å². The minimum Gasteiger partial charge on any atom is -0.507 e. The summed E-state index contributed by atoms with van der Waals surface area (Å²) in [7, 11) is 0. The first-order valence-electron chi connectivity index (χ1n) is 13.4. The highest BCUT2D eigenvalue weighted by Gasteiger charge is 2.48. The number of thioether (sulfide) groups is 1. The molecule has 1 saturated heterocycles. The first-order valence-corrected chi connectivity index (χ1v) is 15.5. The zero-order valence-electron chi connectivity index (χ0n) is 22.7. The molecule has 1 N–H and O–H groups in total. The monoisotopic (exact) mass is 619 g/mol. The number of hydrogen-bond donors (Lipinski definition) is 1. The van der Waals surface area contributed by atoms with Gasteiger partial charge in [-0.3, -0.25) is 14.5 Å². The Hall–Kier alpha value is -3.86. The van der Waals surface area contributed by atoms with Gasteiger partial charge in [-0.25, -0.2) is 0 Å². The Morgan fingerprint density at radius 3 is 2.74 bits per heavy atom. The quantitative estimate of drug-likeness (QED) is 0.0753. The SMILES string of the molecule is CCOc1cccc(C2/C(=C(/O)c3ccc4c(c3)CC(C)O4)C(=O)C(=O)N2c2nnc(SCc3ccc(Cl)cc3)s2)c1. The normalized spacial score (nSPS) is 19.2. The summed E-state index contributed by atoms with van der Waals surface area (Å²) in [5, 5.41) is 21.1. The van der Waals surface area contributed by atoms with Crippen molar-refractivity contribution in [3.8, 4) is 11.5 Å². The van der Waals surface area contributed by atoms with Crippen LogP contribution in [-0.4, -0.2) is 39.7 Å². The van der Waals surface area contributed by atoms with E-state index in [1.807, 2.05) is 44.2 Å². The maximum atomic E-state index is 13.6. The molecule has 1 aromatic heterocycles. The van der Waals surface area contributed by atoms with Crippen molar-refractivity contribution >= 4 is 57.3 Å². The fourth-order valence-electron chi connectivity index (χ4n) is 5.10. The first-order chi connectivity index (χ1) is 20.3. The van der Waals surface area contributed by atoms with Gasteiger partial charge in [-0.2, -0.15) is 0 Å². The number of amides is 1. The standard InChI is InChI=1S/C31H26ClN3O5S2/c1-3-39-23-6-4-5-19(15-23)26-25(27(36)20-9-12-24-21(14-20)13-17(2)40-24)28(37)29(38)35(26)30-33-34-31(42-30)41-16-18-7-10-22(32)11-8-18/h4-12,14-15,17,26,36H,3,13,16H2,1-2H3/b27-25-. The number of rotatable bonds is 8. The molecule has 1 fully saturated rings. The molecule has 4 aromatic rings. The van der Waals surface area contributed by atoms with E-state index in [9.17, 15) is 14.7 Å². The number of ether oxygens (including phenoxy) is 2. The van der Waals surface area contributed by atoms with Crippen molar-refractivity contribution in [1.29, 1.82) is 0 Å². The number of nitrogens with zero attached hydrogens (tertiary/aromatic N) is 3. The van der Waals surface area contributed by atoms with E-state index in [2.05, 4.69) is 10.2 Å². The lowest BCUT2D eigenvalue weighted by Gasteiger charge is -2.23. The second-order valence-corrected chi connectivity index (χ2v) is 12.5. The summed E-state index contributed by atoms with van der Waals surface area (Å²) in [5.74, 6) is 0.123. The third kappa shape index (κ3) is 5.49. The summed E-state index contributed by atoms with van der Waals surface area (Å²) in [6, 6.07) is 19.1. The molecule has 0 bridgehead atoms. The minimum atomic E-state index is -0.934. The van der Waals surface area contributed by atoms with Gasteiger partial charge in [-0.05, 0) is 73.0 Å². The lowest BCUT2D eigenvalue weighted by atomic mass is 9.94. The summed E-state index contributed by atoms with van der Waals surface area (Å²) in [6.45, 7) is 4.30. The molecular formula is C31H26ClN3O5S2. The van der Waals surface area contributed by atoms with Crippen LogP contribution < -0.4 is 14.4 Å². The maximum Gasteiger partial charge on any atom is 0.301 e. The van der Waals surface area contributed by atoms with Gasteiger partial charge in [0.2, 0.25) is 5.13 Å². The van der Waals surface area contributed by atoms with Gasteiger partial charge in [0.1, 0.15) is 23.4 Å². The van der Waals surface area contributed by atoms with Gasteiger partial charge in [-0.1, -0.05) is 59.0 Å². The predicted octanol–water partition coefficient (Wildman–Crippen LogP) is 6.83. The molecule has 8 nitrogen and oxygen atoms in total. The lowest BCUT2D eigenvalue weighted by Crippen LogP contribution is -2.29. The number of aromatic nitrogens is 2. The molecule has 2 aliphatic rings. The molecule has 2 aliphatic heterocycles. The Bertz CT molecular complexity index is 1700. The van der Waals surface area contributed by atoms with Crippen LogP contribution >= 0.6 is 34.7 Å². The molecule has 0 saturated carbocycles. The second-order valence-electron chi connectivity index (χ2n) is 9.90. The molecule has 1 amide bonds. The summed E-state index contributed by atoms with van der Waals surface area (Å²) >= 11 is 8.68. The molecule has 0 radical (unpaired) electrons. The van der Waals surface area contributed by atoms with Crippen LogP contribution in [0.3, 0.4) is 0 Å². The van der Waals surface area contributed by atoms with Crippen LogP contribution in [0, 0.1) is 0 Å². The highest BCUT2D eigenvalue weighted by atomic mass is 35.5. The lowest BCUT2D eigenvalue weighted by molar-refractivity contribution is -0.132. The number of ketones is 1. The number of anilines is 1. The van der Waals surface area contributed by atoms with Crippen LogP contribution in [-0.2, 0) is 21.8 Å². The van der Waals surface area contributed by atoms with Crippen molar-refractivity contribution in [3.05, 3.63) is 99.6 Å². The molecule has 42 heavy (non-hydrogen) atoms. The molecule has 11 heteroatoms. The highest BCUT2D eigenvalue weighted by molar-refractivity contribution is 8.00. The van der Waals surface area contributed by atoms with Crippen molar-refractivity contribution in [2.24, 2.45) is 0 Å². The molecule has 214 valence electrons. The van der Waals surface area contributed by atoms with Crippen LogP contribution in [0.1, 0.15) is 42.1 Å². The number of carbonyl (C=O) groups is 2. The van der Waals surface area contributed by atoms with Crippen LogP contribution in [0.5, 0.6) is 11.5 Å². The van der Waals surface area contributed by atoms with Crippen molar-refractivity contribution in [2.75, 3.05) is 11.5 Å². The second kappa shape index (κ2) is 11.8. The Balaban J connectivity index is 1.39. The van der Waals surface area contributed by atoms with Gasteiger partial charge in [0, 0.05) is 22.8 Å². The number of benzene rings is 3. The number of fused-ring (bicyclic) bond motifs is 1. The van der Waals surface area contributed by atoms with Crippen molar-refractivity contribution in [2.45, 2.75) is 42.5 Å². The Labute approximate surface area is 255 Å². The van der Waals surface area contributed by atoms with Gasteiger partial charge in [0.05, 0.1) is 18.2 Å². The van der Waals surface area contributed by atoms with Crippen molar-refractivity contribution in [3.63, 3.8) is 0 Å². The number of halogens is 1. The molecule has 3 heterocycles. The molecule has 3 aromatic carbocycles. The number of Topliss-reactive ketones (excluding diaryl/α,β-unsaturated/α-hetero) is 1. The fourth-order valence-corrected chi connectivity index (χ4v) is 7.04. The first kappa shape index (κ1) is 28.3. The van der Waals surface area contributed by atoms with E-state index in [-0.39, 0.29) is 22.6 Å². The van der Waals surface area contributed by atoms with E-state index >= 15 is 0 Å². The van der Waals surface area contributed by atoms with Crippen LogP contribution in [0.4, 0.5) is 5.13 Å². The summed E-state index contributed by atoms with van der Waals surface area (Å²) in [5.41, 5.74) is 3.01. The van der Waals surface area contributed by atoms with Crippen LogP contribution in [0.15, 0.2) is 76.6 Å². The molecule has 6 rings (SSSR count). The zero-order chi connectivity index (χ0) is 29.4. The topological polar surface area (TPSA) is 102 Å². The maximum absolute atomic E-state index is 13.6. The Morgan fingerprint density at radius 2 is 1.95 bits per heavy atom. The smallest absolute Gasteiger partial charge is 0.301 e. The third-order valence-corrected chi connectivity index (χ3v) is 9.36. The summed E-state index contributed by atoms with van der Waals surface area (Å²) in [4.78, 5) is 28.5. The largest absolute Gasteiger partial charge is 0.507 e. The van der Waals surface area contributed by atoms with Crippen molar-refractivity contribution < 1.29 is 24.2 Å². The van der Waals surface area contributed by atoms with E-state index in [1.165, 1.54) is 28.0 Å². The van der Waals surface area contributed by atoms with E-state index in [0.29, 0.717) is 45.0 Å². The molecule has 0 aliphatic carbocycles. The van der Waals surface area contributed by atoms with E-state index in [0.717, 1.165) is 16.9 Å². The number of aliphatic hydroxyl groups excluding tert-OH is 1. The molecule has 2 atom stereocenters. The minimum absolute atomic E-state index is 0.0217.